The fraction of sp³-hybridized carbons (Fsp3) is 0.889. The number of hydrogen-bond donors (Lipinski definition) is 2. The van der Waals surface area contributed by atoms with Crippen LogP contribution < -0.4 is 4.72 Å². The van der Waals surface area contributed by atoms with Gasteiger partial charge in [-0.15, -0.1) is 0 Å². The van der Waals surface area contributed by atoms with Crippen molar-refractivity contribution in [3.8, 4) is 0 Å². The summed E-state index contributed by atoms with van der Waals surface area (Å²) in [6.07, 6.45) is 0. The summed E-state index contributed by atoms with van der Waals surface area (Å²) in [6.45, 7) is 7.78. The lowest BCUT2D eigenvalue weighted by atomic mass is 10.1. The maximum absolute atomic E-state index is 11.9. The molecule has 0 aromatic carbocycles. The van der Waals surface area contributed by atoms with Crippen molar-refractivity contribution in [3.05, 3.63) is 0 Å². The maximum atomic E-state index is 11.9. The molecule has 0 fully saturated rings. The Bertz CT molecular complexity index is 349. The first-order valence-corrected chi connectivity index (χ1v) is 6.53. The Balaban J connectivity index is 5.23. The molecule has 96 valence electrons. The molecule has 2 N–H and O–H groups in total. The molecule has 0 saturated carbocycles. The molecule has 0 aliphatic heterocycles. The van der Waals surface area contributed by atoms with Gasteiger partial charge in [0.15, 0.2) is 0 Å². The molecule has 16 heavy (non-hydrogen) atoms. The van der Waals surface area contributed by atoms with Gasteiger partial charge in [-0.2, -0.15) is 17.4 Å². The van der Waals surface area contributed by atoms with Crippen LogP contribution in [0.4, 0.5) is 0 Å². The summed E-state index contributed by atoms with van der Waals surface area (Å²) in [6, 6.07) is -0.274. The number of carboxylic acid groups (broad SMARTS) is 1. The van der Waals surface area contributed by atoms with Gasteiger partial charge in [0, 0.05) is 12.6 Å². The van der Waals surface area contributed by atoms with Gasteiger partial charge in [-0.05, 0) is 27.7 Å². The highest BCUT2D eigenvalue weighted by molar-refractivity contribution is 7.87. The molecule has 0 heterocycles. The van der Waals surface area contributed by atoms with Crippen LogP contribution in [0.25, 0.3) is 0 Å². The minimum absolute atomic E-state index is 0.0986. The lowest BCUT2D eigenvalue weighted by molar-refractivity contribution is -0.146. The normalized spacial score (nSPS) is 13.4. The third-order valence-electron chi connectivity index (χ3n) is 2.11. The van der Waals surface area contributed by atoms with E-state index in [1.807, 2.05) is 0 Å². The van der Waals surface area contributed by atoms with E-state index in [0.29, 0.717) is 0 Å². The monoisotopic (exact) mass is 252 g/mol. The second-order valence-corrected chi connectivity index (χ2v) is 5.93. The minimum atomic E-state index is -3.77. The zero-order chi connectivity index (χ0) is 13.1. The fourth-order valence-electron chi connectivity index (χ4n) is 1.33. The molecule has 0 aliphatic carbocycles. The Kier molecular flexibility index (Phi) is 4.90. The van der Waals surface area contributed by atoms with Crippen molar-refractivity contribution in [3.63, 3.8) is 0 Å². The first-order chi connectivity index (χ1) is 7.05. The minimum Gasteiger partial charge on any atom is -0.480 e. The number of carboxylic acids is 1. The van der Waals surface area contributed by atoms with Crippen molar-refractivity contribution in [2.45, 2.75) is 46.2 Å². The molecule has 0 bridgehead atoms. The number of rotatable bonds is 6. The molecular weight excluding hydrogens is 232 g/mol. The summed E-state index contributed by atoms with van der Waals surface area (Å²) in [4.78, 5) is 11.0. The molecule has 0 aliphatic rings. The molecule has 0 unspecified atom stereocenters. The topological polar surface area (TPSA) is 86.7 Å². The molecule has 0 saturated heterocycles. The third kappa shape index (κ3) is 3.43. The van der Waals surface area contributed by atoms with Crippen LogP contribution in [0.15, 0.2) is 0 Å². The van der Waals surface area contributed by atoms with Gasteiger partial charge in [0.1, 0.15) is 5.54 Å². The molecule has 0 aromatic heterocycles. The van der Waals surface area contributed by atoms with Crippen LogP contribution in [0.5, 0.6) is 0 Å². The van der Waals surface area contributed by atoms with Crippen LogP contribution in [0.3, 0.4) is 0 Å². The van der Waals surface area contributed by atoms with E-state index in [4.69, 9.17) is 5.11 Å². The van der Waals surface area contributed by atoms with Gasteiger partial charge in [0.25, 0.3) is 10.2 Å². The Morgan fingerprint density at radius 1 is 1.44 bits per heavy atom. The largest absolute Gasteiger partial charge is 0.480 e. The van der Waals surface area contributed by atoms with Crippen LogP contribution >= 0.6 is 0 Å². The van der Waals surface area contributed by atoms with E-state index >= 15 is 0 Å². The van der Waals surface area contributed by atoms with E-state index < -0.39 is 21.7 Å². The Morgan fingerprint density at radius 3 is 2.12 bits per heavy atom. The average molecular weight is 252 g/mol. The standard InChI is InChI=1S/C9H20N2O4S/c1-6-11(9(4,5)8(12)13)16(14,15)10-7(2)3/h7,10H,6H2,1-5H3,(H,12,13). The van der Waals surface area contributed by atoms with Crippen LogP contribution in [-0.4, -0.2) is 41.9 Å². The van der Waals surface area contributed by atoms with Gasteiger partial charge >= 0.3 is 5.97 Å². The summed E-state index contributed by atoms with van der Waals surface area (Å²) in [5, 5.41) is 9.01. The molecule has 0 amide bonds. The third-order valence-corrected chi connectivity index (χ3v) is 4.17. The van der Waals surface area contributed by atoms with Crippen LogP contribution in [0, 0.1) is 0 Å². The van der Waals surface area contributed by atoms with Gasteiger partial charge in [-0.1, -0.05) is 6.92 Å². The zero-order valence-corrected chi connectivity index (χ0v) is 11.1. The van der Waals surface area contributed by atoms with Crippen LogP contribution in [0.1, 0.15) is 34.6 Å². The summed E-state index contributed by atoms with van der Waals surface area (Å²) < 4.78 is 27.0. The highest BCUT2D eigenvalue weighted by Crippen LogP contribution is 2.18. The molecule has 0 radical (unpaired) electrons. The summed E-state index contributed by atoms with van der Waals surface area (Å²) >= 11 is 0. The number of aliphatic carboxylic acids is 1. The quantitative estimate of drug-likeness (QED) is 0.717. The Morgan fingerprint density at radius 2 is 1.88 bits per heavy atom. The van der Waals surface area contributed by atoms with Gasteiger partial charge in [0.2, 0.25) is 0 Å². The second-order valence-electron chi connectivity index (χ2n) is 4.31. The number of nitrogens with one attached hydrogen (secondary N) is 1. The van der Waals surface area contributed by atoms with Crippen molar-refractivity contribution in [1.82, 2.24) is 9.03 Å². The predicted octanol–water partition coefficient (Wildman–Crippen LogP) is 0.414. The van der Waals surface area contributed by atoms with Gasteiger partial charge in [-0.25, -0.2) is 0 Å². The van der Waals surface area contributed by atoms with Crippen LogP contribution in [-0.2, 0) is 15.0 Å². The average Bonchev–Trinajstić information content (AvgIpc) is 2.00. The Labute approximate surface area is 96.8 Å². The number of nitrogens with zero attached hydrogens (tertiary/aromatic N) is 1. The molecule has 0 aromatic rings. The fourth-order valence-corrected chi connectivity index (χ4v) is 3.08. The number of likely N-dealkylation sites (N-methyl/N-ethyl adjacent to an activating group) is 1. The van der Waals surface area contributed by atoms with E-state index in [1.165, 1.54) is 13.8 Å². The van der Waals surface area contributed by atoms with E-state index in [0.717, 1.165) is 4.31 Å². The smallest absolute Gasteiger partial charge is 0.324 e. The lowest BCUT2D eigenvalue weighted by Gasteiger charge is -2.33. The van der Waals surface area contributed by atoms with E-state index in [1.54, 1.807) is 20.8 Å². The predicted molar refractivity (Wildman–Crippen MR) is 61.3 cm³/mol. The highest BCUT2D eigenvalue weighted by Gasteiger charge is 2.41. The summed E-state index contributed by atoms with van der Waals surface area (Å²) in [5.41, 5.74) is -1.46. The number of carbonyl (C=O) groups is 1. The van der Waals surface area contributed by atoms with Gasteiger partial charge in [0.05, 0.1) is 0 Å². The van der Waals surface area contributed by atoms with Gasteiger partial charge in [-0.3, -0.25) is 4.79 Å². The molecule has 0 atom stereocenters. The SMILES string of the molecule is CCN(C(C)(C)C(=O)O)S(=O)(=O)NC(C)C. The Hall–Kier alpha value is -0.660. The van der Waals surface area contributed by atoms with Crippen LogP contribution in [0.2, 0.25) is 0 Å². The first kappa shape index (κ1) is 15.3. The molecule has 0 spiro atoms. The number of hydrogen-bond acceptors (Lipinski definition) is 3. The van der Waals surface area contributed by atoms with E-state index in [2.05, 4.69) is 4.72 Å². The first-order valence-electron chi connectivity index (χ1n) is 5.09. The van der Waals surface area contributed by atoms with Crippen molar-refractivity contribution in [1.29, 1.82) is 0 Å². The van der Waals surface area contributed by atoms with Crippen molar-refractivity contribution < 1.29 is 18.3 Å². The van der Waals surface area contributed by atoms with E-state index in [9.17, 15) is 13.2 Å². The molecule has 6 nitrogen and oxygen atoms in total. The molecule has 0 rings (SSSR count). The summed E-state index contributed by atoms with van der Waals surface area (Å²) in [7, 11) is -3.77. The van der Waals surface area contributed by atoms with Crippen molar-refractivity contribution in [2.24, 2.45) is 0 Å². The van der Waals surface area contributed by atoms with Crippen molar-refractivity contribution >= 4 is 16.2 Å². The highest BCUT2D eigenvalue weighted by atomic mass is 32.2. The zero-order valence-electron chi connectivity index (χ0n) is 10.3. The van der Waals surface area contributed by atoms with E-state index in [-0.39, 0.29) is 12.6 Å². The maximum Gasteiger partial charge on any atom is 0.324 e. The van der Waals surface area contributed by atoms with Gasteiger partial charge < -0.3 is 5.11 Å². The van der Waals surface area contributed by atoms with Crippen molar-refractivity contribution in [2.75, 3.05) is 6.54 Å². The lowest BCUT2D eigenvalue weighted by Crippen LogP contribution is -2.57. The molecular formula is C9H20N2O4S. The second kappa shape index (κ2) is 5.11. The summed E-state index contributed by atoms with van der Waals surface area (Å²) in [5.74, 6) is -1.18. The molecule has 7 heteroatoms.